The van der Waals surface area contributed by atoms with Crippen LogP contribution in [0.25, 0.3) is 22.3 Å². The standard InChI is InChI=1S/C22H22O12/c1-31-12-4-8(2-3-10(12)25)20-21(17(28)15-11(26)5-9(24)6-13(15)32-20)34-22-19(30)18(29)16(27)14(7-23)33-22/h2-6,14,16,18-19,22-27,29-30H,7H2,1H3/t14-,16-,18+,19+,22?/m1/s1. The Morgan fingerprint density at radius 1 is 0.971 bits per heavy atom. The summed E-state index contributed by atoms with van der Waals surface area (Å²) in [6.45, 7) is -0.723. The van der Waals surface area contributed by atoms with Crippen LogP contribution in [0.15, 0.2) is 39.5 Å². The van der Waals surface area contributed by atoms with E-state index in [0.29, 0.717) is 0 Å². The highest BCUT2D eigenvalue weighted by molar-refractivity contribution is 5.88. The van der Waals surface area contributed by atoms with Gasteiger partial charge in [-0.05, 0) is 18.2 Å². The molecule has 0 radical (unpaired) electrons. The van der Waals surface area contributed by atoms with Gasteiger partial charge in [0.2, 0.25) is 17.5 Å². The molecule has 2 aromatic carbocycles. The van der Waals surface area contributed by atoms with Crippen molar-refractivity contribution in [2.75, 3.05) is 13.7 Å². The third-order valence-electron chi connectivity index (χ3n) is 5.44. The second-order valence-corrected chi connectivity index (χ2v) is 7.63. The number of ether oxygens (including phenoxy) is 3. The quantitative estimate of drug-likeness (QED) is 0.254. The number of phenols is 3. The number of aromatic hydroxyl groups is 3. The number of fused-ring (bicyclic) bond motifs is 1. The second kappa shape index (κ2) is 9.00. The van der Waals surface area contributed by atoms with E-state index >= 15 is 0 Å². The van der Waals surface area contributed by atoms with E-state index in [1.165, 1.54) is 25.3 Å². The molecule has 0 saturated carbocycles. The van der Waals surface area contributed by atoms with Crippen molar-refractivity contribution in [2.24, 2.45) is 0 Å². The van der Waals surface area contributed by atoms with E-state index in [9.17, 15) is 40.5 Å². The summed E-state index contributed by atoms with van der Waals surface area (Å²) in [7, 11) is 1.30. The minimum absolute atomic E-state index is 0.0257. The Morgan fingerprint density at radius 2 is 1.71 bits per heavy atom. The Hall–Kier alpha value is -3.55. The maximum Gasteiger partial charge on any atom is 0.239 e. The molecular weight excluding hydrogens is 456 g/mol. The van der Waals surface area contributed by atoms with Gasteiger partial charge in [0.15, 0.2) is 17.3 Å². The molecular formula is C22H22O12. The number of phenolic OH excluding ortho intramolecular Hbond substituents is 3. The molecule has 34 heavy (non-hydrogen) atoms. The van der Waals surface area contributed by atoms with E-state index in [1.54, 1.807) is 0 Å². The molecule has 1 saturated heterocycles. The average molecular weight is 478 g/mol. The van der Waals surface area contributed by atoms with Crippen LogP contribution in [0.2, 0.25) is 0 Å². The first-order chi connectivity index (χ1) is 16.2. The van der Waals surface area contributed by atoms with Crippen molar-refractivity contribution >= 4 is 11.0 Å². The van der Waals surface area contributed by atoms with Gasteiger partial charge >= 0.3 is 0 Å². The molecule has 0 aliphatic carbocycles. The summed E-state index contributed by atoms with van der Waals surface area (Å²) in [5, 5.41) is 69.4. The van der Waals surface area contributed by atoms with Gasteiger partial charge in [-0.3, -0.25) is 4.79 Å². The fraction of sp³-hybridized carbons (Fsp3) is 0.318. The topological polar surface area (TPSA) is 200 Å². The van der Waals surface area contributed by atoms with Gasteiger partial charge in [-0.25, -0.2) is 0 Å². The molecule has 3 aromatic rings. The van der Waals surface area contributed by atoms with Crippen molar-refractivity contribution in [3.05, 3.63) is 40.6 Å². The van der Waals surface area contributed by atoms with Gasteiger partial charge in [0.1, 0.15) is 46.9 Å². The lowest BCUT2D eigenvalue weighted by Crippen LogP contribution is -2.60. The first-order valence-corrected chi connectivity index (χ1v) is 10.0. The zero-order chi connectivity index (χ0) is 24.7. The first-order valence-electron chi connectivity index (χ1n) is 10.0. The SMILES string of the molecule is COc1cc(-c2oc3cc(O)cc(O)c3c(=O)c2OC2O[C@H](CO)[C@@H](O)[C@H](O)[C@@H]2O)ccc1O. The lowest BCUT2D eigenvalue weighted by atomic mass is 9.99. The van der Waals surface area contributed by atoms with Crippen LogP contribution in [-0.2, 0) is 4.74 Å². The summed E-state index contributed by atoms with van der Waals surface area (Å²) >= 11 is 0. The van der Waals surface area contributed by atoms with Gasteiger partial charge in [0.05, 0.1) is 13.7 Å². The maximum absolute atomic E-state index is 13.3. The van der Waals surface area contributed by atoms with Crippen LogP contribution >= 0.6 is 0 Å². The minimum Gasteiger partial charge on any atom is -0.508 e. The van der Waals surface area contributed by atoms with Gasteiger partial charge in [0.25, 0.3) is 0 Å². The predicted octanol–water partition coefficient (Wildman–Crippen LogP) is -0.236. The van der Waals surface area contributed by atoms with E-state index < -0.39 is 54.2 Å². The molecule has 4 rings (SSSR count). The molecule has 1 aliphatic heterocycles. The number of methoxy groups -OCH3 is 1. The summed E-state index contributed by atoms with van der Waals surface area (Å²) in [6, 6.07) is 5.96. The Balaban J connectivity index is 1.92. The Bertz CT molecular complexity index is 1270. The van der Waals surface area contributed by atoms with E-state index in [4.69, 9.17) is 18.6 Å². The van der Waals surface area contributed by atoms with Gasteiger partial charge < -0.3 is 54.4 Å². The molecule has 182 valence electrons. The Kier molecular flexibility index (Phi) is 6.25. The second-order valence-electron chi connectivity index (χ2n) is 7.63. The van der Waals surface area contributed by atoms with Crippen LogP contribution in [0.1, 0.15) is 0 Å². The fourth-order valence-electron chi connectivity index (χ4n) is 3.67. The summed E-state index contributed by atoms with van der Waals surface area (Å²) in [4.78, 5) is 13.3. The molecule has 12 nitrogen and oxygen atoms in total. The highest BCUT2D eigenvalue weighted by Gasteiger charge is 2.45. The third-order valence-corrected chi connectivity index (χ3v) is 5.44. The number of aliphatic hydroxyl groups excluding tert-OH is 4. The molecule has 0 spiro atoms. The van der Waals surface area contributed by atoms with Gasteiger partial charge in [-0.1, -0.05) is 0 Å². The van der Waals surface area contributed by atoms with Crippen molar-refractivity contribution in [3.8, 4) is 40.1 Å². The fourth-order valence-corrected chi connectivity index (χ4v) is 3.67. The average Bonchev–Trinajstić information content (AvgIpc) is 2.80. The molecule has 1 unspecified atom stereocenters. The Morgan fingerprint density at radius 3 is 2.38 bits per heavy atom. The van der Waals surface area contributed by atoms with Crippen LogP contribution in [-0.4, -0.2) is 80.2 Å². The van der Waals surface area contributed by atoms with Crippen LogP contribution in [0.4, 0.5) is 0 Å². The summed E-state index contributed by atoms with van der Waals surface area (Å²) < 4.78 is 21.8. The highest BCUT2D eigenvalue weighted by Crippen LogP contribution is 2.39. The minimum atomic E-state index is -1.83. The lowest BCUT2D eigenvalue weighted by molar-refractivity contribution is -0.277. The molecule has 1 fully saturated rings. The molecule has 7 N–H and O–H groups in total. The maximum atomic E-state index is 13.3. The van der Waals surface area contributed by atoms with Crippen molar-refractivity contribution in [2.45, 2.75) is 30.7 Å². The monoisotopic (exact) mass is 478 g/mol. The van der Waals surface area contributed by atoms with E-state index in [-0.39, 0.29) is 39.5 Å². The number of benzene rings is 2. The lowest BCUT2D eigenvalue weighted by Gasteiger charge is -2.39. The number of aliphatic hydroxyl groups is 4. The van der Waals surface area contributed by atoms with Gasteiger partial charge in [0, 0.05) is 17.7 Å². The highest BCUT2D eigenvalue weighted by atomic mass is 16.7. The van der Waals surface area contributed by atoms with Crippen molar-refractivity contribution in [3.63, 3.8) is 0 Å². The predicted molar refractivity (Wildman–Crippen MR) is 114 cm³/mol. The smallest absolute Gasteiger partial charge is 0.239 e. The normalized spacial score (nSPS) is 24.8. The van der Waals surface area contributed by atoms with Crippen molar-refractivity contribution in [1.29, 1.82) is 0 Å². The molecule has 1 aromatic heterocycles. The number of hydrogen-bond donors (Lipinski definition) is 7. The molecule has 0 bridgehead atoms. The summed E-state index contributed by atoms with van der Waals surface area (Å²) in [5.74, 6) is -2.00. The molecule has 2 heterocycles. The third kappa shape index (κ3) is 3.97. The van der Waals surface area contributed by atoms with Gasteiger partial charge in [-0.2, -0.15) is 0 Å². The first kappa shape index (κ1) is 23.6. The number of hydrogen-bond acceptors (Lipinski definition) is 12. The zero-order valence-corrected chi connectivity index (χ0v) is 17.7. The van der Waals surface area contributed by atoms with E-state index in [0.717, 1.165) is 12.1 Å². The van der Waals surface area contributed by atoms with Crippen LogP contribution in [0.5, 0.6) is 28.7 Å². The molecule has 0 amide bonds. The van der Waals surface area contributed by atoms with Gasteiger partial charge in [-0.15, -0.1) is 0 Å². The van der Waals surface area contributed by atoms with Crippen molar-refractivity contribution in [1.82, 2.24) is 0 Å². The molecule has 5 atom stereocenters. The van der Waals surface area contributed by atoms with E-state index in [2.05, 4.69) is 0 Å². The largest absolute Gasteiger partial charge is 0.508 e. The summed E-state index contributed by atoms with van der Waals surface area (Å²) in [6.07, 6.45) is -8.29. The number of rotatable bonds is 5. The van der Waals surface area contributed by atoms with E-state index in [1.807, 2.05) is 0 Å². The van der Waals surface area contributed by atoms with Crippen LogP contribution in [0.3, 0.4) is 0 Å². The van der Waals surface area contributed by atoms with Crippen LogP contribution < -0.4 is 14.9 Å². The van der Waals surface area contributed by atoms with Crippen LogP contribution in [0, 0.1) is 0 Å². The molecule has 12 heteroatoms. The molecule has 1 aliphatic rings. The van der Waals surface area contributed by atoms with Crippen molar-refractivity contribution < 1.29 is 54.4 Å². The summed E-state index contributed by atoms with van der Waals surface area (Å²) in [5.41, 5.74) is -0.959. The Labute approximate surface area is 191 Å². The zero-order valence-electron chi connectivity index (χ0n) is 17.7.